The standard InChI is InChI=1S/C13H17Cl3N4OS/c1-8-5-4-6-9(7-8)17-11(22)18-10(13(14,15)16)19-12(21)20(2)3/h4-7,10H,1-3H3,(H,19,21)(H2,17,18,22)/t10-/m0/s1. The molecule has 0 saturated carbocycles. The number of thiocarbonyl (C=S) groups is 1. The first-order valence-electron chi connectivity index (χ1n) is 6.28. The highest BCUT2D eigenvalue weighted by Crippen LogP contribution is 2.29. The van der Waals surface area contributed by atoms with E-state index in [4.69, 9.17) is 47.0 Å². The molecule has 122 valence electrons. The Bertz CT molecular complexity index is 548. The topological polar surface area (TPSA) is 56.4 Å². The minimum atomic E-state index is -1.77. The predicted molar refractivity (Wildman–Crippen MR) is 96.8 cm³/mol. The Morgan fingerprint density at radius 2 is 1.91 bits per heavy atom. The number of rotatable bonds is 3. The Balaban J connectivity index is 2.73. The summed E-state index contributed by atoms with van der Waals surface area (Å²) in [4.78, 5) is 13.0. The van der Waals surface area contributed by atoms with Gasteiger partial charge in [-0.05, 0) is 36.8 Å². The summed E-state index contributed by atoms with van der Waals surface area (Å²) in [6.45, 7) is 1.96. The SMILES string of the molecule is Cc1cccc(NC(=S)N[C@@H](NC(=O)N(C)C)C(Cl)(Cl)Cl)c1. The summed E-state index contributed by atoms with van der Waals surface area (Å²) in [5.41, 5.74) is 1.87. The number of hydrogen-bond donors (Lipinski definition) is 3. The lowest BCUT2D eigenvalue weighted by Crippen LogP contribution is -2.57. The van der Waals surface area contributed by atoms with Crippen LogP contribution in [0.4, 0.5) is 10.5 Å². The number of carbonyl (C=O) groups excluding carboxylic acids is 1. The summed E-state index contributed by atoms with van der Waals surface area (Å²) < 4.78 is -1.77. The second-order valence-corrected chi connectivity index (χ2v) is 7.56. The fraction of sp³-hybridized carbons (Fsp3) is 0.385. The molecule has 0 saturated heterocycles. The number of aryl methyl sites for hydroxylation is 1. The lowest BCUT2D eigenvalue weighted by atomic mass is 10.2. The molecular formula is C13H17Cl3N4OS. The Morgan fingerprint density at radius 3 is 2.41 bits per heavy atom. The van der Waals surface area contributed by atoms with Crippen molar-refractivity contribution in [2.45, 2.75) is 16.9 Å². The number of alkyl halides is 3. The third-order valence-corrected chi connectivity index (χ3v) is 3.43. The summed E-state index contributed by atoms with van der Waals surface area (Å²) in [5, 5.41) is 8.50. The van der Waals surface area contributed by atoms with E-state index in [-0.39, 0.29) is 5.11 Å². The number of carbonyl (C=O) groups is 1. The van der Waals surface area contributed by atoms with E-state index < -0.39 is 16.0 Å². The number of amides is 2. The minimum absolute atomic E-state index is 0.223. The van der Waals surface area contributed by atoms with Crippen LogP contribution in [0.15, 0.2) is 24.3 Å². The first-order chi connectivity index (χ1) is 10.1. The van der Waals surface area contributed by atoms with Gasteiger partial charge in [-0.15, -0.1) is 0 Å². The zero-order valence-electron chi connectivity index (χ0n) is 12.3. The molecule has 9 heteroatoms. The van der Waals surface area contributed by atoms with Crippen molar-refractivity contribution >= 4 is 63.9 Å². The number of nitrogens with one attached hydrogen (secondary N) is 3. The number of benzene rings is 1. The fourth-order valence-electron chi connectivity index (χ4n) is 1.47. The van der Waals surface area contributed by atoms with Crippen molar-refractivity contribution in [1.82, 2.24) is 15.5 Å². The second kappa shape index (κ2) is 8.06. The van der Waals surface area contributed by atoms with Crippen molar-refractivity contribution in [2.75, 3.05) is 19.4 Å². The van der Waals surface area contributed by atoms with Gasteiger partial charge in [-0.2, -0.15) is 0 Å². The molecule has 1 atom stereocenters. The van der Waals surface area contributed by atoms with E-state index >= 15 is 0 Å². The Morgan fingerprint density at radius 1 is 1.27 bits per heavy atom. The van der Waals surface area contributed by atoms with Crippen LogP contribution in [-0.4, -0.2) is 40.1 Å². The van der Waals surface area contributed by atoms with Crippen molar-refractivity contribution in [2.24, 2.45) is 0 Å². The second-order valence-electron chi connectivity index (χ2n) is 4.79. The van der Waals surface area contributed by atoms with E-state index in [0.29, 0.717) is 0 Å². The van der Waals surface area contributed by atoms with Gasteiger partial charge in [0.25, 0.3) is 0 Å². The average Bonchev–Trinajstić information content (AvgIpc) is 2.36. The van der Waals surface area contributed by atoms with Gasteiger partial charge in [0.2, 0.25) is 3.79 Å². The maximum Gasteiger partial charge on any atom is 0.318 e. The molecule has 0 unspecified atom stereocenters. The molecule has 1 aromatic rings. The Labute approximate surface area is 150 Å². The number of anilines is 1. The number of urea groups is 1. The van der Waals surface area contributed by atoms with Gasteiger partial charge in [0.15, 0.2) is 11.3 Å². The molecule has 22 heavy (non-hydrogen) atoms. The van der Waals surface area contributed by atoms with Gasteiger partial charge in [-0.1, -0.05) is 46.9 Å². The predicted octanol–water partition coefficient (Wildman–Crippen LogP) is 3.25. The molecule has 0 fully saturated rings. The van der Waals surface area contributed by atoms with Gasteiger partial charge in [-0.3, -0.25) is 0 Å². The van der Waals surface area contributed by atoms with Crippen LogP contribution in [0.25, 0.3) is 0 Å². The zero-order valence-corrected chi connectivity index (χ0v) is 15.4. The number of nitrogens with zero attached hydrogens (tertiary/aromatic N) is 1. The van der Waals surface area contributed by atoms with E-state index in [9.17, 15) is 4.79 Å². The number of halogens is 3. The highest BCUT2D eigenvalue weighted by molar-refractivity contribution is 7.80. The van der Waals surface area contributed by atoms with Crippen molar-refractivity contribution < 1.29 is 4.79 Å². The van der Waals surface area contributed by atoms with Crippen LogP contribution in [0.5, 0.6) is 0 Å². The quantitative estimate of drug-likeness (QED) is 0.426. The third-order valence-electron chi connectivity index (χ3n) is 2.55. The molecule has 0 aromatic heterocycles. The summed E-state index contributed by atoms with van der Waals surface area (Å²) in [7, 11) is 3.15. The maximum atomic E-state index is 11.7. The number of hydrogen-bond acceptors (Lipinski definition) is 2. The molecule has 3 N–H and O–H groups in total. The normalized spacial score (nSPS) is 12.3. The molecule has 0 heterocycles. The van der Waals surface area contributed by atoms with Crippen molar-refractivity contribution in [1.29, 1.82) is 0 Å². The highest BCUT2D eigenvalue weighted by atomic mass is 35.6. The highest BCUT2D eigenvalue weighted by Gasteiger charge is 2.35. The molecule has 5 nitrogen and oxygen atoms in total. The van der Waals surface area contributed by atoms with Gasteiger partial charge in [-0.25, -0.2) is 4.79 Å². The van der Waals surface area contributed by atoms with Gasteiger partial charge in [0.05, 0.1) is 0 Å². The van der Waals surface area contributed by atoms with E-state index in [1.54, 1.807) is 14.1 Å². The van der Waals surface area contributed by atoms with Crippen LogP contribution in [0, 0.1) is 6.92 Å². The largest absolute Gasteiger partial charge is 0.339 e. The fourth-order valence-corrected chi connectivity index (χ4v) is 2.04. The molecular weight excluding hydrogens is 367 g/mol. The first-order valence-corrected chi connectivity index (χ1v) is 7.82. The van der Waals surface area contributed by atoms with Gasteiger partial charge < -0.3 is 20.9 Å². The molecule has 1 aromatic carbocycles. The summed E-state index contributed by atoms with van der Waals surface area (Å²) in [5.74, 6) is 0. The van der Waals surface area contributed by atoms with Crippen LogP contribution in [0.3, 0.4) is 0 Å². The maximum absolute atomic E-state index is 11.7. The van der Waals surface area contributed by atoms with Crippen LogP contribution in [0.1, 0.15) is 5.56 Å². The molecule has 1 rings (SSSR count). The van der Waals surface area contributed by atoms with E-state index in [1.165, 1.54) is 4.90 Å². The molecule has 0 spiro atoms. The Kier molecular flexibility index (Phi) is 6.99. The zero-order chi connectivity index (χ0) is 16.9. The molecule has 2 amide bonds. The molecule has 0 aliphatic heterocycles. The van der Waals surface area contributed by atoms with Crippen molar-refractivity contribution in [3.05, 3.63) is 29.8 Å². The summed E-state index contributed by atoms with van der Waals surface area (Å²) in [6, 6.07) is 7.20. The monoisotopic (exact) mass is 382 g/mol. The smallest absolute Gasteiger partial charge is 0.318 e. The first kappa shape index (κ1) is 19.1. The van der Waals surface area contributed by atoms with Crippen molar-refractivity contribution in [3.63, 3.8) is 0 Å². The molecule has 0 aliphatic rings. The van der Waals surface area contributed by atoms with E-state index in [0.717, 1.165) is 11.3 Å². The Hall–Kier alpha value is -0.950. The van der Waals surface area contributed by atoms with E-state index in [1.807, 2.05) is 31.2 Å². The van der Waals surface area contributed by atoms with E-state index in [2.05, 4.69) is 16.0 Å². The van der Waals surface area contributed by atoms with Crippen LogP contribution >= 0.6 is 47.0 Å². The van der Waals surface area contributed by atoms with Crippen LogP contribution < -0.4 is 16.0 Å². The lowest BCUT2D eigenvalue weighted by Gasteiger charge is -2.28. The minimum Gasteiger partial charge on any atom is -0.339 e. The summed E-state index contributed by atoms with van der Waals surface area (Å²) in [6.07, 6.45) is -0.989. The third kappa shape index (κ3) is 6.44. The molecule has 0 aliphatic carbocycles. The van der Waals surface area contributed by atoms with Gasteiger partial charge in [0.1, 0.15) is 0 Å². The van der Waals surface area contributed by atoms with Crippen molar-refractivity contribution in [3.8, 4) is 0 Å². The van der Waals surface area contributed by atoms with Crippen LogP contribution in [-0.2, 0) is 0 Å². The van der Waals surface area contributed by atoms with Crippen LogP contribution in [0.2, 0.25) is 0 Å². The molecule has 0 radical (unpaired) electrons. The molecule has 0 bridgehead atoms. The summed E-state index contributed by atoms with van der Waals surface area (Å²) >= 11 is 22.8. The van der Waals surface area contributed by atoms with Gasteiger partial charge in [0, 0.05) is 19.8 Å². The average molecular weight is 384 g/mol. The lowest BCUT2D eigenvalue weighted by molar-refractivity contribution is 0.212. The van der Waals surface area contributed by atoms with Gasteiger partial charge >= 0.3 is 6.03 Å².